The zero-order chi connectivity index (χ0) is 20.8. The van der Waals surface area contributed by atoms with E-state index in [2.05, 4.69) is 23.0 Å². The first kappa shape index (κ1) is 21.2. The normalized spacial score (nSPS) is 17.5. The molecule has 3 rings (SSSR count). The molecule has 1 fully saturated rings. The van der Waals surface area contributed by atoms with E-state index in [0.717, 1.165) is 44.2 Å². The van der Waals surface area contributed by atoms with E-state index >= 15 is 0 Å². The summed E-state index contributed by atoms with van der Waals surface area (Å²) in [5.41, 5.74) is 1.51. The lowest BCUT2D eigenvalue weighted by Crippen LogP contribution is -2.32. The largest absolute Gasteiger partial charge is 0.494 e. The maximum Gasteiger partial charge on any atom is 0.264 e. The molecule has 0 spiro atoms. The zero-order valence-corrected chi connectivity index (χ0v) is 17.9. The summed E-state index contributed by atoms with van der Waals surface area (Å²) in [6.07, 6.45) is 9.14. The minimum absolute atomic E-state index is 0.0947. The van der Waals surface area contributed by atoms with Gasteiger partial charge in [0.2, 0.25) is 5.88 Å². The number of rotatable bonds is 7. The van der Waals surface area contributed by atoms with Gasteiger partial charge in [-0.2, -0.15) is 5.10 Å². The molecule has 0 unspecified atom stereocenters. The molecule has 1 aliphatic rings. The van der Waals surface area contributed by atoms with Gasteiger partial charge in [-0.15, -0.1) is 0 Å². The first-order chi connectivity index (χ1) is 14.1. The molecule has 2 aromatic rings. The second-order valence-corrected chi connectivity index (χ2v) is 7.71. The summed E-state index contributed by atoms with van der Waals surface area (Å²) in [5.74, 6) is -0.0947. The molecule has 156 valence electrons. The highest BCUT2D eigenvalue weighted by Crippen LogP contribution is 2.31. The van der Waals surface area contributed by atoms with Crippen LogP contribution in [0.15, 0.2) is 34.4 Å². The van der Waals surface area contributed by atoms with Gasteiger partial charge in [0.25, 0.3) is 5.56 Å². The standard InChI is InChI=1S/C21H29N5O2S/c1-3-5-12-25-20(28)18(19(27)23-21(25)29)16(4-2)24-26-13-7-6-10-17(26)15-9-8-11-22-14-15/h8-9,11,14,17,28H,3-7,10,12-13H2,1-2H3,(H,23,27,29)/b24-16+/t17-/m0/s1. The van der Waals surface area contributed by atoms with E-state index in [0.29, 0.717) is 18.7 Å². The third kappa shape index (κ3) is 4.75. The Hall–Kier alpha value is -2.48. The van der Waals surface area contributed by atoms with Crippen LogP contribution in [0, 0.1) is 4.77 Å². The Bertz CT molecular complexity index is 967. The van der Waals surface area contributed by atoms with Crippen molar-refractivity contribution in [3.05, 3.63) is 50.8 Å². The van der Waals surface area contributed by atoms with Crippen LogP contribution in [0.5, 0.6) is 5.88 Å². The van der Waals surface area contributed by atoms with Gasteiger partial charge in [-0.3, -0.25) is 24.3 Å². The Balaban J connectivity index is 2.03. The number of aromatic nitrogens is 3. The van der Waals surface area contributed by atoms with E-state index in [1.54, 1.807) is 10.8 Å². The molecule has 1 atom stereocenters. The van der Waals surface area contributed by atoms with Crippen LogP contribution in [0.1, 0.15) is 69.5 Å². The third-order valence-corrected chi connectivity index (χ3v) is 5.65. The predicted octanol–water partition coefficient (Wildman–Crippen LogP) is 4.15. The van der Waals surface area contributed by atoms with Crippen molar-refractivity contribution in [3.8, 4) is 5.88 Å². The summed E-state index contributed by atoms with van der Waals surface area (Å²) in [5, 5.41) is 17.7. The molecule has 29 heavy (non-hydrogen) atoms. The lowest BCUT2D eigenvalue weighted by molar-refractivity contribution is 0.154. The second-order valence-electron chi connectivity index (χ2n) is 7.32. The second kappa shape index (κ2) is 9.82. The molecule has 8 heteroatoms. The van der Waals surface area contributed by atoms with Crippen LogP contribution in [0.2, 0.25) is 0 Å². The number of hydrogen-bond acceptors (Lipinski definition) is 6. The van der Waals surface area contributed by atoms with Crippen LogP contribution in [0.4, 0.5) is 0 Å². The lowest BCUT2D eigenvalue weighted by Gasteiger charge is -2.34. The predicted molar refractivity (Wildman–Crippen MR) is 117 cm³/mol. The number of hydrazone groups is 1. The average Bonchev–Trinajstić information content (AvgIpc) is 2.73. The molecule has 1 aliphatic heterocycles. The van der Waals surface area contributed by atoms with E-state index in [1.165, 1.54) is 0 Å². The highest BCUT2D eigenvalue weighted by molar-refractivity contribution is 7.71. The number of nitrogens with one attached hydrogen (secondary N) is 1. The van der Waals surface area contributed by atoms with Gasteiger partial charge in [0.1, 0.15) is 5.56 Å². The van der Waals surface area contributed by atoms with Crippen LogP contribution in [0.3, 0.4) is 0 Å². The minimum Gasteiger partial charge on any atom is -0.494 e. The molecule has 1 saturated heterocycles. The molecule has 0 amide bonds. The topological polar surface area (TPSA) is 86.5 Å². The van der Waals surface area contributed by atoms with Crippen molar-refractivity contribution in [1.82, 2.24) is 19.5 Å². The van der Waals surface area contributed by atoms with E-state index in [9.17, 15) is 9.90 Å². The van der Waals surface area contributed by atoms with Gasteiger partial charge < -0.3 is 5.11 Å². The number of unbranched alkanes of at least 4 members (excludes halogenated alkanes) is 1. The number of aromatic hydroxyl groups is 1. The maximum absolute atomic E-state index is 12.7. The molecule has 2 N–H and O–H groups in total. The molecule has 7 nitrogen and oxygen atoms in total. The van der Waals surface area contributed by atoms with Gasteiger partial charge in [-0.25, -0.2) is 0 Å². The molecular weight excluding hydrogens is 386 g/mol. The van der Waals surface area contributed by atoms with Gasteiger partial charge in [0.05, 0.1) is 11.8 Å². The summed E-state index contributed by atoms with van der Waals surface area (Å²) in [6.45, 7) is 5.38. The van der Waals surface area contributed by atoms with E-state index in [-0.39, 0.29) is 22.3 Å². The number of piperidine rings is 1. The molecule has 3 heterocycles. The van der Waals surface area contributed by atoms with E-state index in [4.69, 9.17) is 17.3 Å². The highest BCUT2D eigenvalue weighted by Gasteiger charge is 2.25. The quantitative estimate of drug-likeness (QED) is 0.524. The monoisotopic (exact) mass is 415 g/mol. The summed E-state index contributed by atoms with van der Waals surface area (Å²) in [4.78, 5) is 19.6. The van der Waals surface area contributed by atoms with Gasteiger partial charge in [-0.1, -0.05) is 26.3 Å². The Morgan fingerprint density at radius 3 is 2.93 bits per heavy atom. The van der Waals surface area contributed by atoms with Crippen molar-refractivity contribution in [2.24, 2.45) is 5.10 Å². The first-order valence-corrected chi connectivity index (χ1v) is 10.8. The van der Waals surface area contributed by atoms with E-state index < -0.39 is 5.56 Å². The van der Waals surface area contributed by atoms with Crippen molar-refractivity contribution in [3.63, 3.8) is 0 Å². The van der Waals surface area contributed by atoms with E-state index in [1.807, 2.05) is 24.2 Å². The first-order valence-electron chi connectivity index (χ1n) is 10.4. The summed E-state index contributed by atoms with van der Waals surface area (Å²) in [7, 11) is 0. The fourth-order valence-corrected chi connectivity index (χ4v) is 4.01. The summed E-state index contributed by atoms with van der Waals surface area (Å²) in [6, 6.07) is 4.11. The van der Waals surface area contributed by atoms with Crippen LogP contribution in [0.25, 0.3) is 0 Å². The zero-order valence-electron chi connectivity index (χ0n) is 17.1. The Labute approximate surface area is 176 Å². The molecule has 0 saturated carbocycles. The summed E-state index contributed by atoms with van der Waals surface area (Å²) >= 11 is 5.26. The molecule has 0 bridgehead atoms. The maximum atomic E-state index is 12.7. The minimum atomic E-state index is -0.393. The molecular formula is C21H29N5O2S. The van der Waals surface area contributed by atoms with Gasteiger partial charge >= 0.3 is 0 Å². The van der Waals surface area contributed by atoms with Crippen molar-refractivity contribution < 1.29 is 5.11 Å². The molecule has 0 radical (unpaired) electrons. The highest BCUT2D eigenvalue weighted by atomic mass is 32.1. The lowest BCUT2D eigenvalue weighted by atomic mass is 9.98. The molecule has 2 aromatic heterocycles. The smallest absolute Gasteiger partial charge is 0.264 e. The fraction of sp³-hybridized carbons (Fsp3) is 0.524. The van der Waals surface area contributed by atoms with Crippen molar-refractivity contribution in [2.75, 3.05) is 6.54 Å². The van der Waals surface area contributed by atoms with Crippen LogP contribution < -0.4 is 5.56 Å². The number of pyridine rings is 1. The van der Waals surface area contributed by atoms with Crippen LogP contribution >= 0.6 is 12.2 Å². The average molecular weight is 416 g/mol. The number of H-pyrrole nitrogens is 1. The van der Waals surface area contributed by atoms with Gasteiger partial charge in [0.15, 0.2) is 4.77 Å². The Morgan fingerprint density at radius 1 is 1.41 bits per heavy atom. The fourth-order valence-electron chi connectivity index (χ4n) is 3.74. The van der Waals surface area contributed by atoms with Crippen molar-refractivity contribution >= 4 is 17.9 Å². The Morgan fingerprint density at radius 2 is 2.24 bits per heavy atom. The van der Waals surface area contributed by atoms with Crippen molar-refractivity contribution in [1.29, 1.82) is 0 Å². The van der Waals surface area contributed by atoms with Gasteiger partial charge in [0, 0.05) is 25.5 Å². The molecule has 0 aliphatic carbocycles. The molecule has 0 aromatic carbocycles. The third-order valence-electron chi connectivity index (χ3n) is 5.32. The van der Waals surface area contributed by atoms with Crippen molar-refractivity contribution in [2.45, 2.75) is 65.0 Å². The Kier molecular flexibility index (Phi) is 7.19. The number of nitrogens with zero attached hydrogens (tertiary/aromatic N) is 4. The van der Waals surface area contributed by atoms with Gasteiger partial charge in [-0.05, 0) is 56.0 Å². The SMILES string of the molecule is CCCCn1c(O)c(/C(CC)=N/N2CCCC[C@H]2c2cccnc2)c(=O)[nH]c1=S. The number of hydrogen-bond donors (Lipinski definition) is 2. The van der Waals surface area contributed by atoms with Crippen LogP contribution in [-0.4, -0.2) is 36.9 Å². The number of aromatic amines is 1. The van der Waals surface area contributed by atoms with Crippen LogP contribution in [-0.2, 0) is 6.54 Å². The summed E-state index contributed by atoms with van der Waals surface area (Å²) < 4.78 is 1.83.